The Kier molecular flexibility index (Phi) is 11.9. The summed E-state index contributed by atoms with van der Waals surface area (Å²) in [5.41, 5.74) is 7.25. The van der Waals surface area contributed by atoms with Crippen LogP contribution in [0.4, 0.5) is 0 Å². The van der Waals surface area contributed by atoms with Crippen LogP contribution in [-0.4, -0.2) is 80.9 Å². The topological polar surface area (TPSA) is 228 Å². The first-order chi connectivity index (χ1) is 18.5. The van der Waals surface area contributed by atoms with E-state index in [1.165, 1.54) is 24.3 Å². The van der Waals surface area contributed by atoms with Gasteiger partial charge in [0.1, 0.15) is 23.9 Å². The van der Waals surface area contributed by atoms with Crippen LogP contribution >= 0.6 is 0 Å². The first-order valence-corrected chi connectivity index (χ1v) is 12.0. The van der Waals surface area contributed by atoms with Crippen molar-refractivity contribution < 1.29 is 44.4 Å². The number of hydrogen-bond donors (Lipinski definition) is 8. The molecule has 4 atom stereocenters. The van der Waals surface area contributed by atoms with E-state index in [-0.39, 0.29) is 25.0 Å². The molecule has 0 aromatic heterocycles. The molecule has 0 spiro atoms. The summed E-state index contributed by atoms with van der Waals surface area (Å²) in [5, 5.41) is 44.1. The summed E-state index contributed by atoms with van der Waals surface area (Å²) in [6, 6.07) is 9.09. The number of carboxylic acid groups (broad SMARTS) is 2. The lowest BCUT2D eigenvalue weighted by atomic mass is 10.0. The van der Waals surface area contributed by atoms with Crippen molar-refractivity contribution in [3.63, 3.8) is 0 Å². The number of benzene rings is 2. The van der Waals surface area contributed by atoms with Crippen LogP contribution in [0.25, 0.3) is 0 Å². The van der Waals surface area contributed by atoms with Crippen LogP contribution in [0.2, 0.25) is 0 Å². The zero-order valence-electron chi connectivity index (χ0n) is 20.9. The quantitative estimate of drug-likeness (QED) is 0.135. The Morgan fingerprint density at radius 3 is 1.82 bits per heavy atom. The van der Waals surface area contributed by atoms with Crippen LogP contribution in [-0.2, 0) is 36.8 Å². The third-order valence-electron chi connectivity index (χ3n) is 5.72. The lowest BCUT2D eigenvalue weighted by Gasteiger charge is -2.25. The number of phenols is 1. The first kappa shape index (κ1) is 30.7. The molecule has 2 aromatic rings. The number of carbonyl (C=O) groups is 5. The van der Waals surface area contributed by atoms with Gasteiger partial charge in [-0.2, -0.15) is 0 Å². The summed E-state index contributed by atoms with van der Waals surface area (Å²) in [6.45, 7) is -0.905. The standard InChI is InChI=1S/C26H32N4O9/c27-18(12-15-4-2-1-3-5-15)23(35)28-19(10-11-22(33)34)24(36)29-20(13-16-6-8-17(32)9-7-16)25(37)30-21(14-31)26(38)39/h1-9,18-21,31-32H,10-14,27H2,(H,28,35)(H,29,36)(H,30,37)(H,33,34)(H,38,39). The van der Waals surface area contributed by atoms with Crippen molar-refractivity contribution in [2.75, 3.05) is 6.61 Å². The van der Waals surface area contributed by atoms with Gasteiger partial charge < -0.3 is 42.1 Å². The van der Waals surface area contributed by atoms with Crippen molar-refractivity contribution in [2.24, 2.45) is 5.73 Å². The second-order valence-corrected chi connectivity index (χ2v) is 8.80. The molecule has 39 heavy (non-hydrogen) atoms. The molecule has 2 rings (SSSR count). The highest BCUT2D eigenvalue weighted by Gasteiger charge is 2.30. The average Bonchev–Trinajstić information content (AvgIpc) is 2.90. The van der Waals surface area contributed by atoms with Gasteiger partial charge in [0.2, 0.25) is 17.7 Å². The van der Waals surface area contributed by atoms with Gasteiger partial charge in [-0.3, -0.25) is 19.2 Å². The van der Waals surface area contributed by atoms with E-state index in [1.807, 2.05) is 0 Å². The zero-order chi connectivity index (χ0) is 28.9. The molecule has 0 heterocycles. The maximum atomic E-state index is 13.2. The zero-order valence-corrected chi connectivity index (χ0v) is 20.9. The number of carboxylic acids is 2. The maximum Gasteiger partial charge on any atom is 0.328 e. The molecular formula is C26H32N4O9. The molecule has 0 fully saturated rings. The van der Waals surface area contributed by atoms with Crippen molar-refractivity contribution >= 4 is 29.7 Å². The van der Waals surface area contributed by atoms with E-state index in [9.17, 15) is 34.2 Å². The van der Waals surface area contributed by atoms with Gasteiger partial charge in [0.15, 0.2) is 0 Å². The predicted molar refractivity (Wildman–Crippen MR) is 137 cm³/mol. The molecule has 0 radical (unpaired) electrons. The Morgan fingerprint density at radius 1 is 0.718 bits per heavy atom. The smallest absolute Gasteiger partial charge is 0.328 e. The number of nitrogens with one attached hydrogen (secondary N) is 3. The molecule has 13 heteroatoms. The van der Waals surface area contributed by atoms with Crippen LogP contribution in [0.1, 0.15) is 24.0 Å². The highest BCUT2D eigenvalue weighted by atomic mass is 16.4. The fraction of sp³-hybridized carbons (Fsp3) is 0.346. The Bertz CT molecular complexity index is 1140. The Balaban J connectivity index is 2.21. The highest BCUT2D eigenvalue weighted by molar-refractivity contribution is 5.94. The minimum Gasteiger partial charge on any atom is -0.508 e. The van der Waals surface area contributed by atoms with E-state index in [0.717, 1.165) is 5.56 Å². The summed E-state index contributed by atoms with van der Waals surface area (Å²) in [6.07, 6.45) is -0.786. The monoisotopic (exact) mass is 544 g/mol. The molecular weight excluding hydrogens is 512 g/mol. The van der Waals surface area contributed by atoms with Crippen LogP contribution in [0.5, 0.6) is 5.75 Å². The number of hydrogen-bond acceptors (Lipinski definition) is 8. The van der Waals surface area contributed by atoms with Crippen LogP contribution < -0.4 is 21.7 Å². The molecule has 3 amide bonds. The van der Waals surface area contributed by atoms with Crippen molar-refractivity contribution in [1.82, 2.24) is 16.0 Å². The second-order valence-electron chi connectivity index (χ2n) is 8.80. The van der Waals surface area contributed by atoms with Gasteiger partial charge in [-0.05, 0) is 36.1 Å². The van der Waals surface area contributed by atoms with E-state index in [2.05, 4.69) is 16.0 Å². The summed E-state index contributed by atoms with van der Waals surface area (Å²) in [4.78, 5) is 61.3. The van der Waals surface area contributed by atoms with E-state index in [4.69, 9.17) is 15.9 Å². The third-order valence-corrected chi connectivity index (χ3v) is 5.72. The van der Waals surface area contributed by atoms with Crippen LogP contribution in [0.15, 0.2) is 54.6 Å². The van der Waals surface area contributed by atoms with Gasteiger partial charge in [-0.25, -0.2) is 4.79 Å². The summed E-state index contributed by atoms with van der Waals surface area (Å²) >= 11 is 0. The number of phenolic OH excluding ortho intramolecular Hbond substituents is 1. The number of amides is 3. The molecule has 13 nitrogen and oxygen atoms in total. The van der Waals surface area contributed by atoms with Crippen molar-refractivity contribution in [3.8, 4) is 5.75 Å². The van der Waals surface area contributed by atoms with Crippen LogP contribution in [0, 0.1) is 0 Å². The Labute approximate surface area is 224 Å². The highest BCUT2D eigenvalue weighted by Crippen LogP contribution is 2.12. The van der Waals surface area contributed by atoms with E-state index >= 15 is 0 Å². The van der Waals surface area contributed by atoms with Gasteiger partial charge in [0, 0.05) is 12.8 Å². The number of aliphatic hydroxyl groups is 1. The predicted octanol–water partition coefficient (Wildman–Crippen LogP) is -1.10. The number of aromatic hydroxyl groups is 1. The van der Waals surface area contributed by atoms with E-state index < -0.39 is 66.9 Å². The second kappa shape index (κ2) is 15.1. The third kappa shape index (κ3) is 10.4. The molecule has 0 aliphatic carbocycles. The Morgan fingerprint density at radius 2 is 1.26 bits per heavy atom. The summed E-state index contributed by atoms with van der Waals surface area (Å²) < 4.78 is 0. The SMILES string of the molecule is NC(Cc1ccccc1)C(=O)NC(CCC(=O)O)C(=O)NC(Cc1ccc(O)cc1)C(=O)NC(CO)C(=O)O. The molecule has 0 saturated carbocycles. The summed E-state index contributed by atoms with van der Waals surface area (Å²) in [5.74, 6) is -5.32. The van der Waals surface area contributed by atoms with Crippen LogP contribution in [0.3, 0.4) is 0 Å². The number of aliphatic carboxylic acids is 2. The van der Waals surface area contributed by atoms with Gasteiger partial charge in [-0.15, -0.1) is 0 Å². The van der Waals surface area contributed by atoms with E-state index in [1.54, 1.807) is 30.3 Å². The molecule has 0 bridgehead atoms. The molecule has 4 unspecified atom stereocenters. The number of aliphatic hydroxyl groups excluding tert-OH is 1. The van der Waals surface area contributed by atoms with Gasteiger partial charge >= 0.3 is 11.9 Å². The van der Waals surface area contributed by atoms with Crippen molar-refractivity contribution in [1.29, 1.82) is 0 Å². The summed E-state index contributed by atoms with van der Waals surface area (Å²) in [7, 11) is 0. The first-order valence-electron chi connectivity index (χ1n) is 12.0. The lowest BCUT2D eigenvalue weighted by molar-refractivity contribution is -0.143. The molecule has 0 aliphatic heterocycles. The average molecular weight is 545 g/mol. The molecule has 0 saturated heterocycles. The molecule has 9 N–H and O–H groups in total. The van der Waals surface area contributed by atoms with Crippen molar-refractivity contribution in [2.45, 2.75) is 49.9 Å². The molecule has 2 aromatic carbocycles. The maximum absolute atomic E-state index is 13.2. The minimum absolute atomic E-state index is 0.0432. The fourth-order valence-corrected chi connectivity index (χ4v) is 3.58. The van der Waals surface area contributed by atoms with Gasteiger partial charge in [-0.1, -0.05) is 42.5 Å². The van der Waals surface area contributed by atoms with E-state index in [0.29, 0.717) is 5.56 Å². The molecule has 210 valence electrons. The van der Waals surface area contributed by atoms with Gasteiger partial charge in [0.05, 0.1) is 12.6 Å². The minimum atomic E-state index is -1.64. The number of carbonyl (C=O) groups excluding carboxylic acids is 3. The van der Waals surface area contributed by atoms with Crippen molar-refractivity contribution in [3.05, 3.63) is 65.7 Å². The number of nitrogens with two attached hydrogens (primary N) is 1. The normalized spacial score (nSPS) is 13.8. The largest absolute Gasteiger partial charge is 0.508 e. The molecule has 0 aliphatic rings. The Hall–Kier alpha value is -4.49. The lowest BCUT2D eigenvalue weighted by Crippen LogP contribution is -2.58. The number of rotatable bonds is 15. The van der Waals surface area contributed by atoms with Gasteiger partial charge in [0.25, 0.3) is 0 Å². The fourth-order valence-electron chi connectivity index (χ4n) is 3.58.